The lowest BCUT2D eigenvalue weighted by molar-refractivity contribution is -0.120. The molecule has 0 aliphatic carbocycles. The van der Waals surface area contributed by atoms with Crippen LogP contribution in [0.3, 0.4) is 0 Å². The molecule has 0 saturated heterocycles. The zero-order valence-electron chi connectivity index (χ0n) is 12.7. The summed E-state index contributed by atoms with van der Waals surface area (Å²) in [5.74, 6) is -0.0184. The van der Waals surface area contributed by atoms with Crippen LogP contribution in [0.25, 0.3) is 0 Å². The van der Waals surface area contributed by atoms with E-state index < -0.39 is 0 Å². The van der Waals surface area contributed by atoms with Crippen molar-refractivity contribution in [2.45, 2.75) is 30.4 Å². The smallest absolute Gasteiger partial charge is 0.233 e. The van der Waals surface area contributed by atoms with Crippen molar-refractivity contribution in [2.24, 2.45) is 0 Å². The molecule has 0 spiro atoms. The first-order chi connectivity index (χ1) is 10.7. The third-order valence-electron chi connectivity index (χ3n) is 3.08. The molecule has 22 heavy (non-hydrogen) atoms. The molecule has 0 bridgehead atoms. The van der Waals surface area contributed by atoms with Crippen molar-refractivity contribution in [2.75, 3.05) is 13.7 Å². The summed E-state index contributed by atoms with van der Waals surface area (Å²) in [6.45, 7) is 3.64. The summed E-state index contributed by atoms with van der Waals surface area (Å²) in [5.41, 5.74) is 1.08. The molecule has 0 aliphatic rings. The number of carbonyl (C=O) groups excluding carboxylic acids is 1. The first kappa shape index (κ1) is 16.5. The third kappa shape index (κ3) is 4.85. The molecule has 0 saturated carbocycles. The number of hydrogen-bond acceptors (Lipinski definition) is 5. The van der Waals surface area contributed by atoms with Crippen LogP contribution in [0.4, 0.5) is 0 Å². The lowest BCUT2D eigenvalue weighted by atomic mass is 10.2. The van der Waals surface area contributed by atoms with Crippen LogP contribution in [-0.2, 0) is 22.6 Å². The Morgan fingerprint density at radius 3 is 2.91 bits per heavy atom. The van der Waals surface area contributed by atoms with E-state index in [0.29, 0.717) is 19.7 Å². The number of benzene rings is 1. The first-order valence-corrected chi connectivity index (χ1v) is 7.93. The molecule has 1 amide bonds. The van der Waals surface area contributed by atoms with Crippen molar-refractivity contribution in [1.82, 2.24) is 20.1 Å². The number of aromatic nitrogens is 3. The van der Waals surface area contributed by atoms with Gasteiger partial charge in [-0.15, -0.1) is 10.2 Å². The molecule has 1 aromatic carbocycles. The standard InChI is InChI=1S/C15H20N4O2S/c1-12(14(20)16-10-13-6-4-3-5-7-13)22-15-18-17-11-19(15)8-9-21-2/h3-7,11-12H,8-10H2,1-2H3,(H,16,20). The van der Waals surface area contributed by atoms with Crippen LogP contribution < -0.4 is 5.32 Å². The van der Waals surface area contributed by atoms with Crippen LogP contribution in [-0.4, -0.2) is 39.6 Å². The van der Waals surface area contributed by atoms with Crippen LogP contribution in [0.5, 0.6) is 0 Å². The van der Waals surface area contributed by atoms with E-state index in [1.807, 2.05) is 41.8 Å². The van der Waals surface area contributed by atoms with Gasteiger partial charge in [-0.2, -0.15) is 0 Å². The number of amides is 1. The van der Waals surface area contributed by atoms with Crippen LogP contribution in [0.2, 0.25) is 0 Å². The molecule has 1 unspecified atom stereocenters. The zero-order valence-corrected chi connectivity index (χ0v) is 13.5. The predicted molar refractivity (Wildman–Crippen MR) is 85.5 cm³/mol. The number of ether oxygens (including phenoxy) is 1. The summed E-state index contributed by atoms with van der Waals surface area (Å²) < 4.78 is 6.93. The predicted octanol–water partition coefficient (Wildman–Crippen LogP) is 1.72. The molecule has 2 rings (SSSR count). The second-order valence-corrected chi connectivity index (χ2v) is 6.07. The van der Waals surface area contributed by atoms with Gasteiger partial charge in [-0.25, -0.2) is 0 Å². The summed E-state index contributed by atoms with van der Waals surface area (Å²) in [5, 5.41) is 11.3. The van der Waals surface area contributed by atoms with E-state index in [2.05, 4.69) is 15.5 Å². The monoisotopic (exact) mass is 320 g/mol. The zero-order chi connectivity index (χ0) is 15.8. The molecule has 1 N–H and O–H groups in total. The van der Waals surface area contributed by atoms with Crippen LogP contribution in [0.15, 0.2) is 41.8 Å². The Bertz CT molecular complexity index is 588. The number of nitrogens with zero attached hydrogens (tertiary/aromatic N) is 3. The minimum atomic E-state index is -0.241. The van der Waals surface area contributed by atoms with Crippen molar-refractivity contribution in [3.05, 3.63) is 42.2 Å². The lowest BCUT2D eigenvalue weighted by Gasteiger charge is -2.12. The Morgan fingerprint density at radius 1 is 1.41 bits per heavy atom. The van der Waals surface area contributed by atoms with Crippen LogP contribution in [0.1, 0.15) is 12.5 Å². The Hall–Kier alpha value is -1.86. The fourth-order valence-corrected chi connectivity index (χ4v) is 2.69. The second-order valence-electron chi connectivity index (χ2n) is 4.76. The maximum atomic E-state index is 12.2. The van der Waals surface area contributed by atoms with E-state index in [4.69, 9.17) is 4.74 Å². The van der Waals surface area contributed by atoms with Gasteiger partial charge in [-0.05, 0) is 12.5 Å². The Balaban J connectivity index is 1.85. The Morgan fingerprint density at radius 2 is 2.18 bits per heavy atom. The molecule has 0 aliphatic heterocycles. The maximum absolute atomic E-state index is 12.2. The van der Waals surface area contributed by atoms with Gasteiger partial charge >= 0.3 is 0 Å². The molecule has 1 heterocycles. The average molecular weight is 320 g/mol. The molecule has 118 valence electrons. The van der Waals surface area contributed by atoms with E-state index in [1.54, 1.807) is 13.4 Å². The normalized spacial score (nSPS) is 12.1. The Kier molecular flexibility index (Phi) is 6.42. The van der Waals surface area contributed by atoms with Crippen molar-refractivity contribution >= 4 is 17.7 Å². The largest absolute Gasteiger partial charge is 0.383 e. The number of rotatable bonds is 8. The fraction of sp³-hybridized carbons (Fsp3) is 0.400. The quantitative estimate of drug-likeness (QED) is 0.750. The van der Waals surface area contributed by atoms with E-state index in [-0.39, 0.29) is 11.2 Å². The van der Waals surface area contributed by atoms with Gasteiger partial charge in [0, 0.05) is 20.2 Å². The van der Waals surface area contributed by atoms with Gasteiger partial charge in [0.25, 0.3) is 0 Å². The highest BCUT2D eigenvalue weighted by atomic mass is 32.2. The summed E-state index contributed by atoms with van der Waals surface area (Å²) in [7, 11) is 1.65. The number of methoxy groups -OCH3 is 1. The summed E-state index contributed by atoms with van der Waals surface area (Å²) in [6.07, 6.45) is 1.65. The van der Waals surface area contributed by atoms with Gasteiger partial charge in [0.15, 0.2) is 5.16 Å². The van der Waals surface area contributed by atoms with Gasteiger partial charge in [0.2, 0.25) is 5.91 Å². The highest BCUT2D eigenvalue weighted by Gasteiger charge is 2.17. The molecule has 7 heteroatoms. The van der Waals surface area contributed by atoms with Crippen molar-refractivity contribution in [1.29, 1.82) is 0 Å². The maximum Gasteiger partial charge on any atom is 0.233 e. The van der Waals surface area contributed by atoms with Gasteiger partial charge in [-0.3, -0.25) is 4.79 Å². The summed E-state index contributed by atoms with van der Waals surface area (Å²) in [6, 6.07) is 9.84. The molecular weight excluding hydrogens is 300 g/mol. The van der Waals surface area contributed by atoms with Crippen molar-refractivity contribution in [3.8, 4) is 0 Å². The van der Waals surface area contributed by atoms with E-state index in [0.717, 1.165) is 10.7 Å². The minimum Gasteiger partial charge on any atom is -0.383 e. The fourth-order valence-electron chi connectivity index (χ4n) is 1.82. The summed E-state index contributed by atoms with van der Waals surface area (Å²) >= 11 is 1.39. The number of carbonyl (C=O) groups is 1. The molecular formula is C15H20N4O2S. The van der Waals surface area contributed by atoms with Gasteiger partial charge < -0.3 is 14.6 Å². The molecule has 1 aromatic heterocycles. The van der Waals surface area contributed by atoms with Gasteiger partial charge in [0.05, 0.1) is 11.9 Å². The SMILES string of the molecule is COCCn1cnnc1SC(C)C(=O)NCc1ccccc1. The third-order valence-corrected chi connectivity index (χ3v) is 4.17. The lowest BCUT2D eigenvalue weighted by Crippen LogP contribution is -2.30. The minimum absolute atomic E-state index is 0.0184. The average Bonchev–Trinajstić information content (AvgIpc) is 2.98. The highest BCUT2D eigenvalue weighted by molar-refractivity contribution is 8.00. The second kappa shape index (κ2) is 8.55. The Labute approximate surface area is 134 Å². The number of hydrogen-bond donors (Lipinski definition) is 1. The van der Waals surface area contributed by atoms with E-state index in [1.165, 1.54) is 11.8 Å². The highest BCUT2D eigenvalue weighted by Crippen LogP contribution is 2.20. The van der Waals surface area contributed by atoms with E-state index in [9.17, 15) is 4.79 Å². The first-order valence-electron chi connectivity index (χ1n) is 7.05. The van der Waals surface area contributed by atoms with Gasteiger partial charge in [0.1, 0.15) is 6.33 Å². The summed E-state index contributed by atoms with van der Waals surface area (Å²) in [4.78, 5) is 12.2. The molecule has 0 radical (unpaired) electrons. The molecule has 6 nitrogen and oxygen atoms in total. The molecule has 1 atom stereocenters. The topological polar surface area (TPSA) is 69.0 Å². The van der Waals surface area contributed by atoms with Crippen LogP contribution in [0, 0.1) is 0 Å². The van der Waals surface area contributed by atoms with Crippen molar-refractivity contribution < 1.29 is 9.53 Å². The molecule has 0 fully saturated rings. The number of thioether (sulfide) groups is 1. The van der Waals surface area contributed by atoms with Gasteiger partial charge in [-0.1, -0.05) is 42.1 Å². The van der Waals surface area contributed by atoms with E-state index >= 15 is 0 Å². The number of nitrogens with one attached hydrogen (secondary N) is 1. The molecule has 2 aromatic rings. The van der Waals surface area contributed by atoms with Crippen LogP contribution >= 0.6 is 11.8 Å². The van der Waals surface area contributed by atoms with Crippen molar-refractivity contribution in [3.63, 3.8) is 0 Å².